The summed E-state index contributed by atoms with van der Waals surface area (Å²) in [5, 5.41) is 2.03. The van der Waals surface area contributed by atoms with Gasteiger partial charge in [-0.15, -0.1) is 53.0 Å². The lowest BCUT2D eigenvalue weighted by molar-refractivity contribution is 1.04. The fourth-order valence-electron chi connectivity index (χ4n) is 2.18. The van der Waals surface area contributed by atoms with Crippen molar-refractivity contribution in [3.8, 4) is 0 Å². The highest BCUT2D eigenvalue weighted by Gasteiger charge is 2.27. The Morgan fingerprint density at radius 2 is 1.09 bits per heavy atom. The van der Waals surface area contributed by atoms with Crippen LogP contribution in [0.1, 0.15) is 12.8 Å². The first kappa shape index (κ1) is 25.7. The highest BCUT2D eigenvalue weighted by molar-refractivity contribution is 9.09. The molecular weight excluding hydrogens is 503 g/mol. The second-order valence-corrected chi connectivity index (χ2v) is 20.8. The summed E-state index contributed by atoms with van der Waals surface area (Å²) in [5.74, 6) is 0. The van der Waals surface area contributed by atoms with Crippen LogP contribution in [-0.2, 0) is 0 Å². The molecule has 0 fully saturated rings. The Hall–Kier alpha value is 1.48. The van der Waals surface area contributed by atoms with E-state index >= 15 is 0 Å². The minimum atomic E-state index is -2.29. The summed E-state index contributed by atoms with van der Waals surface area (Å²) < 4.78 is 0. The lowest BCUT2D eigenvalue weighted by atomic mass is 10.6. The zero-order valence-corrected chi connectivity index (χ0v) is 20.5. The van der Waals surface area contributed by atoms with Gasteiger partial charge in [-0.25, -0.2) is 0 Å². The van der Waals surface area contributed by atoms with E-state index in [1.54, 1.807) is 0 Å². The molecule has 7 heteroatoms. The summed E-state index contributed by atoms with van der Waals surface area (Å²) in [7, 11) is -1.20. The maximum absolute atomic E-state index is 5.56. The van der Waals surface area contributed by atoms with E-state index in [2.05, 4.69) is 69.8 Å². The Morgan fingerprint density at radius 3 is 1.32 bits per heavy atom. The quantitative estimate of drug-likeness (QED) is 0.103. The second kappa shape index (κ2) is 16.0. The molecule has 0 nitrogen and oxygen atoms in total. The summed E-state index contributed by atoms with van der Waals surface area (Å²) in [6.07, 6.45) is 8.46. The van der Waals surface area contributed by atoms with Crippen molar-refractivity contribution in [2.24, 2.45) is 0 Å². The number of halogens is 5. The third-order valence-corrected chi connectivity index (χ3v) is 11.8. The predicted molar refractivity (Wildman–Crippen MR) is 121 cm³/mol. The van der Waals surface area contributed by atoms with Gasteiger partial charge in [0.2, 0.25) is 0 Å². The molecule has 0 N–H and O–H groups in total. The van der Waals surface area contributed by atoms with E-state index in [1.807, 2.05) is 0 Å². The van der Waals surface area contributed by atoms with Crippen LogP contribution in [0.2, 0.25) is 30.2 Å². The van der Waals surface area contributed by atoms with Crippen LogP contribution in [0.15, 0.2) is 38.0 Å². The van der Waals surface area contributed by atoms with Crippen molar-refractivity contribution in [2.45, 2.75) is 43.1 Å². The molecule has 0 aromatic carbocycles. The zero-order chi connectivity index (χ0) is 17.5. The van der Waals surface area contributed by atoms with Gasteiger partial charge in [-0.05, 0) is 37.0 Å². The average molecular weight is 530 g/mol. The molecule has 0 saturated heterocycles. The zero-order valence-electron chi connectivity index (χ0n) is 13.1. The molecule has 0 radical (unpaired) electrons. The maximum Gasteiger partial charge on any atom is 0.341 e. The van der Waals surface area contributed by atoms with E-state index in [-0.39, 0.29) is 0 Å². The van der Waals surface area contributed by atoms with Gasteiger partial charge in [0.05, 0.1) is 8.07 Å². The van der Waals surface area contributed by atoms with Gasteiger partial charge in [0.15, 0.2) is 0 Å². The van der Waals surface area contributed by atoms with Crippen LogP contribution in [-0.4, -0.2) is 24.7 Å². The van der Waals surface area contributed by atoms with E-state index < -0.39 is 14.1 Å². The van der Waals surface area contributed by atoms with Crippen molar-refractivity contribution in [2.75, 3.05) is 10.7 Å². The Balaban J connectivity index is 0. The van der Waals surface area contributed by atoms with E-state index in [0.717, 1.165) is 23.1 Å². The summed E-state index contributed by atoms with van der Waals surface area (Å²) >= 11 is 23.4. The topological polar surface area (TPSA) is 0 Å². The largest absolute Gasteiger partial charge is 0.341 e. The maximum atomic E-state index is 5.56. The molecule has 0 unspecified atom stereocenters. The molecule has 0 heterocycles. The van der Waals surface area contributed by atoms with Crippen LogP contribution >= 0.6 is 65.1 Å². The molecule has 0 spiro atoms. The normalized spacial score (nSPS) is 11.3. The molecule has 0 aliphatic carbocycles. The Labute approximate surface area is 169 Å². The Morgan fingerprint density at radius 1 is 0.727 bits per heavy atom. The highest BCUT2D eigenvalue weighted by Crippen LogP contribution is 2.29. The first-order valence-electron chi connectivity index (χ1n) is 7.32. The standard InChI is InChI=1S/C12H21BrSi.C3H6BrCl3Si/c1-4-9-14(10-5-2,11-6-3)12-7-8-13;4-2-1-3-8(5,6)7/h4-6H,1-3,7-12H2;1-3H2. The van der Waals surface area contributed by atoms with Gasteiger partial charge >= 0.3 is 6.00 Å². The van der Waals surface area contributed by atoms with Gasteiger partial charge < -0.3 is 0 Å². The minimum absolute atomic E-state index is 0.753. The summed E-state index contributed by atoms with van der Waals surface area (Å²) in [6.45, 7) is 11.6. The van der Waals surface area contributed by atoms with Gasteiger partial charge in [-0.1, -0.05) is 56.1 Å². The van der Waals surface area contributed by atoms with Gasteiger partial charge in [0, 0.05) is 10.7 Å². The van der Waals surface area contributed by atoms with Gasteiger partial charge in [0.1, 0.15) is 0 Å². The molecule has 0 aliphatic rings. The van der Waals surface area contributed by atoms with Gasteiger partial charge in [0.25, 0.3) is 0 Å². The molecule has 0 aliphatic heterocycles. The summed E-state index contributed by atoms with van der Waals surface area (Å²) in [5.41, 5.74) is 0. The molecule has 0 atom stereocenters. The van der Waals surface area contributed by atoms with Crippen LogP contribution in [0.25, 0.3) is 0 Å². The highest BCUT2D eigenvalue weighted by atomic mass is 79.9. The van der Waals surface area contributed by atoms with Crippen LogP contribution in [0.5, 0.6) is 0 Å². The monoisotopic (exact) mass is 526 g/mol. The molecule has 0 rings (SSSR count). The third kappa shape index (κ3) is 16.3. The van der Waals surface area contributed by atoms with Crippen LogP contribution in [0.4, 0.5) is 0 Å². The lowest BCUT2D eigenvalue weighted by Gasteiger charge is -2.28. The Bertz CT molecular complexity index is 281. The number of allylic oxidation sites excluding steroid dienone is 3. The van der Waals surface area contributed by atoms with E-state index in [9.17, 15) is 0 Å². The first-order valence-corrected chi connectivity index (χ1v) is 17.6. The van der Waals surface area contributed by atoms with E-state index in [1.165, 1.54) is 30.6 Å². The van der Waals surface area contributed by atoms with Crippen LogP contribution in [0, 0.1) is 0 Å². The predicted octanol–water partition coefficient (Wildman–Crippen LogP) is 8.20. The fraction of sp³-hybridized carbons (Fsp3) is 0.600. The number of alkyl halides is 2. The third-order valence-electron chi connectivity index (χ3n) is 3.17. The van der Waals surface area contributed by atoms with E-state index in [0.29, 0.717) is 0 Å². The molecule has 22 heavy (non-hydrogen) atoms. The average Bonchev–Trinajstić information content (AvgIpc) is 2.44. The smallest absolute Gasteiger partial charge is 0.126 e. The molecule has 130 valence electrons. The van der Waals surface area contributed by atoms with E-state index in [4.69, 9.17) is 33.2 Å². The van der Waals surface area contributed by atoms with Crippen molar-refractivity contribution in [3.63, 3.8) is 0 Å². The number of rotatable bonds is 12. The Kier molecular flexibility index (Phi) is 18.7. The number of hydrogen-bond donors (Lipinski definition) is 0. The van der Waals surface area contributed by atoms with Crippen molar-refractivity contribution in [1.29, 1.82) is 0 Å². The van der Waals surface area contributed by atoms with Crippen molar-refractivity contribution < 1.29 is 0 Å². The van der Waals surface area contributed by atoms with Crippen LogP contribution < -0.4 is 0 Å². The van der Waals surface area contributed by atoms with Gasteiger partial charge in [-0.3, -0.25) is 0 Å². The summed E-state index contributed by atoms with van der Waals surface area (Å²) in [4.78, 5) is 0. The number of hydrogen-bond acceptors (Lipinski definition) is 0. The second-order valence-electron chi connectivity index (χ2n) is 5.18. The lowest BCUT2D eigenvalue weighted by Crippen LogP contribution is -2.31. The SMILES string of the molecule is C=CC[Si](CC=C)(CC=C)CCCBr.Cl[Si](Cl)(Cl)CCCBr. The molecule has 0 bridgehead atoms. The molecule has 0 saturated carbocycles. The van der Waals surface area contributed by atoms with Gasteiger partial charge in [-0.2, -0.15) is 0 Å². The molecule has 0 aromatic rings. The minimum Gasteiger partial charge on any atom is -0.126 e. The first-order chi connectivity index (χ1) is 10.3. The fourth-order valence-corrected chi connectivity index (χ4v) is 9.44. The van der Waals surface area contributed by atoms with Crippen LogP contribution in [0.3, 0.4) is 0 Å². The van der Waals surface area contributed by atoms with Crippen molar-refractivity contribution in [1.82, 2.24) is 0 Å². The molecule has 0 aromatic heterocycles. The molecular formula is C15H27Br2Cl3Si2. The van der Waals surface area contributed by atoms with Crippen molar-refractivity contribution in [3.05, 3.63) is 38.0 Å². The van der Waals surface area contributed by atoms with Crippen molar-refractivity contribution >= 4 is 79.2 Å². The summed E-state index contributed by atoms with van der Waals surface area (Å²) in [6, 6.07) is 3.39. The molecule has 0 amide bonds.